The Morgan fingerprint density at radius 1 is 1.63 bits per heavy atom. The fourth-order valence-electron chi connectivity index (χ4n) is 1.92. The Kier molecular flexibility index (Phi) is 4.57. The Morgan fingerprint density at radius 3 is 3.00 bits per heavy atom. The van der Waals surface area contributed by atoms with E-state index in [9.17, 15) is 9.59 Å². The number of amides is 1. The van der Waals surface area contributed by atoms with Gasteiger partial charge in [0.15, 0.2) is 5.16 Å². The SMILES string of the molecule is CCn1c(SCC(=O)NC)nc2c(c1=O)S[C@H](C)C2. The first-order valence-corrected chi connectivity index (χ1v) is 8.07. The average Bonchev–Trinajstić information content (AvgIpc) is 2.77. The summed E-state index contributed by atoms with van der Waals surface area (Å²) in [6.07, 6.45) is 0.827. The van der Waals surface area contributed by atoms with Crippen LogP contribution in [0.2, 0.25) is 0 Å². The van der Waals surface area contributed by atoms with Crippen molar-refractivity contribution in [2.75, 3.05) is 12.8 Å². The Balaban J connectivity index is 2.34. The predicted octanol–water partition coefficient (Wildman–Crippen LogP) is 1.14. The maximum Gasteiger partial charge on any atom is 0.268 e. The van der Waals surface area contributed by atoms with E-state index in [0.717, 1.165) is 17.0 Å². The van der Waals surface area contributed by atoms with Crippen LogP contribution >= 0.6 is 23.5 Å². The third-order valence-electron chi connectivity index (χ3n) is 2.89. The molecule has 1 aromatic rings. The van der Waals surface area contributed by atoms with Crippen molar-refractivity contribution in [1.82, 2.24) is 14.9 Å². The molecule has 0 saturated heterocycles. The highest BCUT2D eigenvalue weighted by atomic mass is 32.2. The Bertz CT molecular complexity index is 557. The highest BCUT2D eigenvalue weighted by Gasteiger charge is 2.25. The summed E-state index contributed by atoms with van der Waals surface area (Å²) in [5.74, 6) is 0.217. The summed E-state index contributed by atoms with van der Waals surface area (Å²) in [7, 11) is 1.60. The van der Waals surface area contributed by atoms with Crippen LogP contribution < -0.4 is 10.9 Å². The first kappa shape index (κ1) is 14.5. The van der Waals surface area contributed by atoms with E-state index in [1.54, 1.807) is 23.4 Å². The predicted molar refractivity (Wildman–Crippen MR) is 78.0 cm³/mol. The molecule has 1 atom stereocenters. The van der Waals surface area contributed by atoms with E-state index in [1.165, 1.54) is 11.8 Å². The average molecular weight is 299 g/mol. The molecule has 2 rings (SSSR count). The molecule has 104 valence electrons. The van der Waals surface area contributed by atoms with Crippen LogP contribution in [0.1, 0.15) is 19.5 Å². The molecule has 0 saturated carbocycles. The first-order valence-electron chi connectivity index (χ1n) is 6.20. The molecule has 0 aliphatic carbocycles. The van der Waals surface area contributed by atoms with Crippen LogP contribution in [0.3, 0.4) is 0 Å². The Labute approximate surface area is 120 Å². The van der Waals surface area contributed by atoms with Gasteiger partial charge in [-0.2, -0.15) is 0 Å². The van der Waals surface area contributed by atoms with Gasteiger partial charge in [-0.05, 0) is 6.92 Å². The van der Waals surface area contributed by atoms with Crippen molar-refractivity contribution in [3.63, 3.8) is 0 Å². The number of aromatic nitrogens is 2. The topological polar surface area (TPSA) is 64.0 Å². The molecule has 0 spiro atoms. The van der Waals surface area contributed by atoms with Gasteiger partial charge in [0.05, 0.1) is 16.3 Å². The van der Waals surface area contributed by atoms with Crippen molar-refractivity contribution in [3.8, 4) is 0 Å². The van der Waals surface area contributed by atoms with Crippen molar-refractivity contribution < 1.29 is 4.79 Å². The van der Waals surface area contributed by atoms with Gasteiger partial charge < -0.3 is 5.32 Å². The number of fused-ring (bicyclic) bond motifs is 1. The van der Waals surface area contributed by atoms with E-state index in [2.05, 4.69) is 17.2 Å². The van der Waals surface area contributed by atoms with Crippen molar-refractivity contribution >= 4 is 29.4 Å². The lowest BCUT2D eigenvalue weighted by Gasteiger charge is -2.11. The second-order valence-electron chi connectivity index (χ2n) is 4.31. The number of carbonyl (C=O) groups excluding carboxylic acids is 1. The number of hydrogen-bond acceptors (Lipinski definition) is 5. The van der Waals surface area contributed by atoms with E-state index in [-0.39, 0.29) is 17.2 Å². The fraction of sp³-hybridized carbons (Fsp3) is 0.583. The summed E-state index contributed by atoms with van der Waals surface area (Å²) in [5.41, 5.74) is 0.910. The molecule has 1 amide bonds. The third kappa shape index (κ3) is 2.97. The molecule has 1 aliphatic heterocycles. The molecule has 1 N–H and O–H groups in total. The van der Waals surface area contributed by atoms with Crippen molar-refractivity contribution in [2.24, 2.45) is 0 Å². The van der Waals surface area contributed by atoms with E-state index >= 15 is 0 Å². The highest BCUT2D eigenvalue weighted by molar-refractivity contribution is 8.00. The van der Waals surface area contributed by atoms with Crippen LogP contribution in [0.5, 0.6) is 0 Å². The van der Waals surface area contributed by atoms with Crippen LogP contribution in [-0.4, -0.2) is 33.5 Å². The van der Waals surface area contributed by atoms with E-state index in [1.807, 2.05) is 6.92 Å². The summed E-state index contributed by atoms with van der Waals surface area (Å²) in [5, 5.41) is 3.61. The molecular formula is C12H17N3O2S2. The minimum atomic E-state index is -0.0647. The lowest BCUT2D eigenvalue weighted by Crippen LogP contribution is -2.26. The molecule has 7 heteroatoms. The van der Waals surface area contributed by atoms with Gasteiger partial charge in [-0.15, -0.1) is 11.8 Å². The fourth-order valence-corrected chi connectivity index (χ4v) is 3.99. The van der Waals surface area contributed by atoms with Crippen LogP contribution in [0.25, 0.3) is 0 Å². The quantitative estimate of drug-likeness (QED) is 0.667. The second kappa shape index (κ2) is 6.00. The molecule has 0 bridgehead atoms. The summed E-state index contributed by atoms with van der Waals surface area (Å²) >= 11 is 2.92. The smallest absolute Gasteiger partial charge is 0.268 e. The van der Waals surface area contributed by atoms with Crippen LogP contribution in [0.15, 0.2) is 14.8 Å². The molecule has 19 heavy (non-hydrogen) atoms. The summed E-state index contributed by atoms with van der Waals surface area (Å²) in [6, 6.07) is 0. The van der Waals surface area contributed by atoms with Crippen LogP contribution in [0.4, 0.5) is 0 Å². The molecule has 1 aromatic heterocycles. The zero-order chi connectivity index (χ0) is 14.0. The molecule has 2 heterocycles. The van der Waals surface area contributed by atoms with Crippen molar-refractivity contribution in [1.29, 1.82) is 0 Å². The van der Waals surface area contributed by atoms with Gasteiger partial charge in [-0.25, -0.2) is 4.98 Å². The van der Waals surface area contributed by atoms with Gasteiger partial charge >= 0.3 is 0 Å². The zero-order valence-electron chi connectivity index (χ0n) is 11.2. The number of thioether (sulfide) groups is 2. The van der Waals surface area contributed by atoms with Crippen molar-refractivity contribution in [3.05, 3.63) is 16.0 Å². The number of rotatable bonds is 4. The molecule has 5 nitrogen and oxygen atoms in total. The molecule has 0 radical (unpaired) electrons. The van der Waals surface area contributed by atoms with Gasteiger partial charge in [0.25, 0.3) is 5.56 Å². The lowest BCUT2D eigenvalue weighted by atomic mass is 10.2. The third-order valence-corrected chi connectivity index (χ3v) is 5.08. The molecule has 0 aromatic carbocycles. The van der Waals surface area contributed by atoms with E-state index in [0.29, 0.717) is 17.0 Å². The number of carbonyl (C=O) groups is 1. The Morgan fingerprint density at radius 2 is 2.37 bits per heavy atom. The van der Waals surface area contributed by atoms with Gasteiger partial charge in [0.1, 0.15) is 0 Å². The largest absolute Gasteiger partial charge is 0.358 e. The summed E-state index contributed by atoms with van der Waals surface area (Å²) in [6.45, 7) is 4.59. The molecule has 0 unspecified atom stereocenters. The Hall–Kier alpha value is -0.950. The highest BCUT2D eigenvalue weighted by Crippen LogP contribution is 2.34. The molecule has 1 aliphatic rings. The van der Waals surface area contributed by atoms with Crippen molar-refractivity contribution in [2.45, 2.75) is 42.1 Å². The number of nitrogens with one attached hydrogen (secondary N) is 1. The standard InChI is InChI=1S/C12H17N3O2S2/c1-4-15-11(17)10-8(5-7(2)19-10)14-12(15)18-6-9(16)13-3/h7H,4-6H2,1-3H3,(H,13,16)/t7-/m1/s1. The summed E-state index contributed by atoms with van der Waals surface area (Å²) in [4.78, 5) is 29.0. The van der Waals surface area contributed by atoms with Gasteiger partial charge in [0, 0.05) is 25.3 Å². The second-order valence-corrected chi connectivity index (χ2v) is 6.71. The molecular weight excluding hydrogens is 282 g/mol. The number of nitrogens with zero attached hydrogens (tertiary/aromatic N) is 2. The van der Waals surface area contributed by atoms with Gasteiger partial charge in [-0.3, -0.25) is 14.2 Å². The lowest BCUT2D eigenvalue weighted by molar-refractivity contribution is -0.118. The van der Waals surface area contributed by atoms with Gasteiger partial charge in [0.2, 0.25) is 5.91 Å². The monoisotopic (exact) mass is 299 g/mol. The maximum atomic E-state index is 12.4. The van der Waals surface area contributed by atoms with E-state index < -0.39 is 0 Å². The first-order chi connectivity index (χ1) is 9.06. The zero-order valence-corrected chi connectivity index (χ0v) is 12.9. The molecule has 0 fully saturated rings. The minimum absolute atomic E-state index is 0.0289. The van der Waals surface area contributed by atoms with Crippen LogP contribution in [0, 0.1) is 0 Å². The normalized spacial score (nSPS) is 17.3. The van der Waals surface area contributed by atoms with Gasteiger partial charge in [-0.1, -0.05) is 18.7 Å². The van der Waals surface area contributed by atoms with Crippen LogP contribution in [-0.2, 0) is 17.8 Å². The maximum absolute atomic E-state index is 12.4. The minimum Gasteiger partial charge on any atom is -0.358 e. The van der Waals surface area contributed by atoms with E-state index in [4.69, 9.17) is 0 Å². The summed E-state index contributed by atoms with van der Waals surface area (Å²) < 4.78 is 1.65. The number of hydrogen-bond donors (Lipinski definition) is 1.